The zero-order valence-electron chi connectivity index (χ0n) is 19.9. The summed E-state index contributed by atoms with van der Waals surface area (Å²) in [5, 5.41) is 11.2. The van der Waals surface area contributed by atoms with E-state index in [4.69, 9.17) is 16.3 Å². The summed E-state index contributed by atoms with van der Waals surface area (Å²) < 4.78 is 6.76. The number of aliphatic hydroxyl groups excluding tert-OH is 1. The molecule has 0 aromatic carbocycles. The number of thiophene rings is 1. The van der Waals surface area contributed by atoms with E-state index in [2.05, 4.69) is 47.9 Å². The molecule has 4 heterocycles. The van der Waals surface area contributed by atoms with Crippen LogP contribution in [0.3, 0.4) is 0 Å². The first-order valence-corrected chi connectivity index (χ1v) is 12.1. The van der Waals surface area contributed by atoms with Crippen LogP contribution in [0.5, 0.6) is 5.88 Å². The van der Waals surface area contributed by atoms with Crippen molar-refractivity contribution in [3.05, 3.63) is 67.1 Å². The van der Waals surface area contributed by atoms with Gasteiger partial charge in [0.25, 0.3) is 0 Å². The number of β-amino-alcohol motifs (C(OH)–C–C–N with tert-alkyl or cyclic N) is 1. The molecule has 3 aromatic rings. The monoisotopic (exact) mass is 501 g/mol. The summed E-state index contributed by atoms with van der Waals surface area (Å²) in [6.45, 7) is 9.42. The van der Waals surface area contributed by atoms with E-state index in [1.54, 1.807) is 39.9 Å². The summed E-state index contributed by atoms with van der Waals surface area (Å²) in [5.41, 5.74) is 0.967. The highest BCUT2D eigenvalue weighted by molar-refractivity contribution is 7.12. The van der Waals surface area contributed by atoms with E-state index in [-0.39, 0.29) is 17.6 Å². The topological polar surface area (TPSA) is 93.4 Å². The van der Waals surface area contributed by atoms with Gasteiger partial charge in [-0.3, -0.25) is 4.57 Å². The highest BCUT2D eigenvalue weighted by atomic mass is 35.5. The fourth-order valence-electron chi connectivity index (χ4n) is 3.75. The largest absolute Gasteiger partial charge is 0.480 e. The zero-order valence-corrected chi connectivity index (χ0v) is 21.4. The molecular formula is C24H28ClN5O3S. The Hall–Kier alpha value is -2.75. The molecule has 0 bridgehead atoms. The highest BCUT2D eigenvalue weighted by Gasteiger charge is 2.26. The maximum Gasteiger partial charge on any atom is 0.352 e. The van der Waals surface area contributed by atoms with Crippen LogP contribution < -0.4 is 15.3 Å². The number of aromatic nitrogens is 4. The molecule has 0 fully saturated rings. The minimum absolute atomic E-state index is 0.0669. The Bertz CT molecular complexity index is 1290. The highest BCUT2D eigenvalue weighted by Crippen LogP contribution is 2.30. The maximum absolute atomic E-state index is 12.9. The molecule has 1 aliphatic heterocycles. The Morgan fingerprint density at radius 3 is 2.59 bits per heavy atom. The van der Waals surface area contributed by atoms with E-state index in [0.29, 0.717) is 47.0 Å². The lowest BCUT2D eigenvalue weighted by molar-refractivity contribution is 0.233. The van der Waals surface area contributed by atoms with Gasteiger partial charge in [-0.1, -0.05) is 38.4 Å². The van der Waals surface area contributed by atoms with E-state index in [1.165, 1.54) is 12.0 Å². The van der Waals surface area contributed by atoms with Crippen LogP contribution in [0.4, 0.5) is 5.95 Å². The second kappa shape index (κ2) is 9.48. The molecular weight excluding hydrogens is 474 g/mol. The standard InChI is InChI=1S/C24H28ClN5O3S/c1-14-26-22(28-23(32)30(14)12-15-6-9-20(34-15)24(2,3)4)29-11-10-16(19(31)13-29)18-8-7-17(25)21(27-18)33-5/h6-10,19,31H,11-13H2,1-5H3/t19-/m0/s1. The zero-order chi connectivity index (χ0) is 24.6. The molecule has 4 rings (SSSR count). The molecule has 0 saturated heterocycles. The third-order valence-electron chi connectivity index (χ3n) is 5.66. The van der Waals surface area contributed by atoms with Gasteiger partial charge in [0.1, 0.15) is 10.8 Å². The number of rotatable bonds is 5. The van der Waals surface area contributed by atoms with Gasteiger partial charge in [-0.05, 0) is 36.6 Å². The van der Waals surface area contributed by atoms with Crippen molar-refractivity contribution in [2.24, 2.45) is 0 Å². The Morgan fingerprint density at radius 2 is 1.97 bits per heavy atom. The molecule has 1 aliphatic rings. The Kier molecular flexibility index (Phi) is 6.80. The number of halogens is 1. The number of hydrogen-bond donors (Lipinski definition) is 1. The van der Waals surface area contributed by atoms with Crippen LogP contribution in [0.15, 0.2) is 35.1 Å². The van der Waals surface area contributed by atoms with E-state index in [1.807, 2.05) is 6.08 Å². The van der Waals surface area contributed by atoms with Crippen LogP contribution in [0, 0.1) is 6.92 Å². The quantitative estimate of drug-likeness (QED) is 0.570. The minimum Gasteiger partial charge on any atom is -0.480 e. The van der Waals surface area contributed by atoms with Crippen LogP contribution in [0.25, 0.3) is 5.57 Å². The first-order valence-electron chi connectivity index (χ1n) is 11.0. The van der Waals surface area contributed by atoms with Gasteiger partial charge in [0.2, 0.25) is 11.8 Å². The van der Waals surface area contributed by atoms with Crippen molar-refractivity contribution in [3.63, 3.8) is 0 Å². The van der Waals surface area contributed by atoms with Gasteiger partial charge in [-0.15, -0.1) is 11.3 Å². The number of hydrogen-bond acceptors (Lipinski definition) is 8. The molecule has 3 aromatic heterocycles. The summed E-state index contributed by atoms with van der Waals surface area (Å²) in [5.74, 6) is 1.18. The summed E-state index contributed by atoms with van der Waals surface area (Å²) in [7, 11) is 1.50. The Morgan fingerprint density at radius 1 is 1.21 bits per heavy atom. The van der Waals surface area contributed by atoms with Crippen LogP contribution in [-0.4, -0.2) is 50.9 Å². The average molecular weight is 502 g/mol. The molecule has 0 saturated carbocycles. The van der Waals surface area contributed by atoms with Gasteiger partial charge >= 0.3 is 5.69 Å². The second-order valence-electron chi connectivity index (χ2n) is 9.22. The van der Waals surface area contributed by atoms with Crippen molar-refractivity contribution in [2.75, 3.05) is 25.1 Å². The molecule has 0 unspecified atom stereocenters. The lowest BCUT2D eigenvalue weighted by Gasteiger charge is -2.30. The number of methoxy groups -OCH3 is 1. The second-order valence-corrected chi connectivity index (χ2v) is 10.8. The number of aliphatic hydroxyl groups is 1. The van der Waals surface area contributed by atoms with Gasteiger partial charge in [-0.25, -0.2) is 9.78 Å². The van der Waals surface area contributed by atoms with Crippen molar-refractivity contribution in [1.29, 1.82) is 0 Å². The van der Waals surface area contributed by atoms with Gasteiger partial charge in [0, 0.05) is 21.9 Å². The van der Waals surface area contributed by atoms with Crippen LogP contribution in [-0.2, 0) is 12.0 Å². The van der Waals surface area contributed by atoms with Crippen LogP contribution >= 0.6 is 22.9 Å². The van der Waals surface area contributed by atoms with E-state index in [9.17, 15) is 9.90 Å². The van der Waals surface area contributed by atoms with Crippen molar-refractivity contribution in [3.8, 4) is 5.88 Å². The summed E-state index contributed by atoms with van der Waals surface area (Å²) in [4.78, 5) is 30.1. The van der Waals surface area contributed by atoms with E-state index >= 15 is 0 Å². The molecule has 10 heteroatoms. The van der Waals surface area contributed by atoms with Crippen molar-refractivity contribution < 1.29 is 9.84 Å². The third kappa shape index (κ3) is 5.01. The lowest BCUT2D eigenvalue weighted by atomic mass is 9.95. The van der Waals surface area contributed by atoms with Gasteiger partial charge in [-0.2, -0.15) is 9.97 Å². The molecule has 0 amide bonds. The SMILES string of the molecule is COc1nc(C2=CCN(c3nc(C)n(Cc4ccc(C(C)(C)C)s4)c(=O)n3)C[C@@H]2O)ccc1Cl. The van der Waals surface area contributed by atoms with Gasteiger partial charge in [0.15, 0.2) is 0 Å². The number of nitrogens with zero attached hydrogens (tertiary/aromatic N) is 5. The van der Waals surface area contributed by atoms with Crippen LogP contribution in [0.2, 0.25) is 5.02 Å². The fourth-order valence-corrected chi connectivity index (χ4v) is 4.99. The Balaban J connectivity index is 1.54. The van der Waals surface area contributed by atoms with Gasteiger partial charge < -0.3 is 14.7 Å². The molecule has 1 N–H and O–H groups in total. The predicted molar refractivity (Wildman–Crippen MR) is 135 cm³/mol. The van der Waals surface area contributed by atoms with E-state index in [0.717, 1.165) is 4.88 Å². The third-order valence-corrected chi connectivity index (χ3v) is 7.45. The maximum atomic E-state index is 12.9. The molecule has 34 heavy (non-hydrogen) atoms. The first kappa shape index (κ1) is 24.4. The number of pyridine rings is 1. The van der Waals surface area contributed by atoms with Gasteiger partial charge in [0.05, 0.1) is 32.0 Å². The molecule has 0 radical (unpaired) electrons. The molecule has 180 valence electrons. The molecule has 0 aliphatic carbocycles. The fraction of sp³-hybridized carbons (Fsp3) is 0.417. The summed E-state index contributed by atoms with van der Waals surface area (Å²) >= 11 is 7.76. The molecule has 0 spiro atoms. The predicted octanol–water partition coefficient (Wildman–Crippen LogP) is 3.68. The lowest BCUT2D eigenvalue weighted by Crippen LogP contribution is -2.40. The number of aryl methyl sites for hydroxylation is 1. The van der Waals surface area contributed by atoms with Crippen molar-refractivity contribution >= 4 is 34.5 Å². The summed E-state index contributed by atoms with van der Waals surface area (Å²) in [6.07, 6.45) is 1.02. The molecule has 1 atom stereocenters. The molecule has 8 nitrogen and oxygen atoms in total. The summed E-state index contributed by atoms with van der Waals surface area (Å²) in [6, 6.07) is 7.60. The number of anilines is 1. The minimum atomic E-state index is -0.833. The number of ether oxygens (including phenoxy) is 1. The van der Waals surface area contributed by atoms with Crippen molar-refractivity contribution in [2.45, 2.75) is 45.8 Å². The van der Waals surface area contributed by atoms with Crippen LogP contribution in [0.1, 0.15) is 42.0 Å². The van der Waals surface area contributed by atoms with E-state index < -0.39 is 6.10 Å². The smallest absolute Gasteiger partial charge is 0.352 e. The normalized spacial score (nSPS) is 16.5. The first-order chi connectivity index (χ1) is 16.1. The Labute approximate surface area is 207 Å². The average Bonchev–Trinajstić information content (AvgIpc) is 3.26. The van der Waals surface area contributed by atoms with Crippen molar-refractivity contribution in [1.82, 2.24) is 19.5 Å².